The van der Waals surface area contributed by atoms with Crippen LogP contribution in [0.25, 0.3) is 0 Å². The molecule has 0 saturated carbocycles. The Morgan fingerprint density at radius 2 is 2.06 bits per heavy atom. The molecule has 1 amide bonds. The molecule has 18 heavy (non-hydrogen) atoms. The Morgan fingerprint density at radius 1 is 1.39 bits per heavy atom. The lowest BCUT2D eigenvalue weighted by Gasteiger charge is -2.13. The molecule has 1 aromatic heterocycles. The van der Waals surface area contributed by atoms with Crippen LogP contribution >= 0.6 is 11.6 Å². The van der Waals surface area contributed by atoms with Crippen LogP contribution in [0.5, 0.6) is 0 Å². The molecule has 0 aliphatic rings. The van der Waals surface area contributed by atoms with Crippen molar-refractivity contribution < 1.29 is 9.18 Å². The number of nitrogens with one attached hydrogen (secondary N) is 2. The van der Waals surface area contributed by atoms with Gasteiger partial charge in [-0.15, -0.1) is 0 Å². The van der Waals surface area contributed by atoms with E-state index in [0.29, 0.717) is 10.7 Å². The molecule has 0 saturated heterocycles. The van der Waals surface area contributed by atoms with Crippen molar-refractivity contribution in [3.8, 4) is 0 Å². The molecule has 94 valence electrons. The van der Waals surface area contributed by atoms with Gasteiger partial charge in [0.1, 0.15) is 11.5 Å². The summed E-state index contributed by atoms with van der Waals surface area (Å²) in [6, 6.07) is 7.35. The number of aromatic amines is 1. The Balaban J connectivity index is 2.05. The van der Waals surface area contributed by atoms with Crippen LogP contribution in [-0.2, 0) is 0 Å². The molecule has 0 aliphatic heterocycles. The van der Waals surface area contributed by atoms with Crippen LogP contribution in [-0.4, -0.2) is 10.9 Å². The fourth-order valence-electron chi connectivity index (χ4n) is 1.61. The molecule has 0 bridgehead atoms. The Hall–Kier alpha value is -1.81. The number of hydrogen-bond acceptors (Lipinski definition) is 1. The lowest BCUT2D eigenvalue weighted by Crippen LogP contribution is -2.26. The molecule has 1 atom stereocenters. The van der Waals surface area contributed by atoms with Crippen molar-refractivity contribution in [2.75, 3.05) is 0 Å². The number of halogens is 2. The van der Waals surface area contributed by atoms with Crippen molar-refractivity contribution in [1.82, 2.24) is 10.3 Å². The Morgan fingerprint density at radius 3 is 2.61 bits per heavy atom. The second kappa shape index (κ2) is 5.23. The molecule has 2 aromatic rings. The smallest absolute Gasteiger partial charge is 0.268 e. The highest BCUT2D eigenvalue weighted by atomic mass is 35.5. The first kappa shape index (κ1) is 12.6. The van der Waals surface area contributed by atoms with Crippen LogP contribution in [0, 0.1) is 5.82 Å². The van der Waals surface area contributed by atoms with Crippen molar-refractivity contribution in [1.29, 1.82) is 0 Å². The van der Waals surface area contributed by atoms with E-state index < -0.39 is 0 Å². The molecule has 1 heterocycles. The van der Waals surface area contributed by atoms with Gasteiger partial charge in [-0.3, -0.25) is 4.79 Å². The number of carbonyl (C=O) groups is 1. The van der Waals surface area contributed by atoms with E-state index in [0.717, 1.165) is 5.56 Å². The van der Waals surface area contributed by atoms with Gasteiger partial charge in [-0.2, -0.15) is 0 Å². The molecular weight excluding hydrogens is 255 g/mol. The van der Waals surface area contributed by atoms with E-state index in [9.17, 15) is 9.18 Å². The molecule has 3 nitrogen and oxygen atoms in total. The molecule has 2 N–H and O–H groups in total. The largest absolute Gasteiger partial charge is 0.356 e. The van der Waals surface area contributed by atoms with Crippen molar-refractivity contribution in [3.05, 3.63) is 58.6 Å². The van der Waals surface area contributed by atoms with Gasteiger partial charge in [0.2, 0.25) is 0 Å². The van der Waals surface area contributed by atoms with Crippen molar-refractivity contribution in [3.63, 3.8) is 0 Å². The van der Waals surface area contributed by atoms with Crippen molar-refractivity contribution >= 4 is 17.5 Å². The zero-order chi connectivity index (χ0) is 13.1. The van der Waals surface area contributed by atoms with Crippen LogP contribution in [0.1, 0.15) is 29.0 Å². The van der Waals surface area contributed by atoms with Gasteiger partial charge in [0.15, 0.2) is 0 Å². The van der Waals surface area contributed by atoms with E-state index in [-0.39, 0.29) is 17.8 Å². The molecule has 1 aromatic carbocycles. The first-order valence-electron chi connectivity index (χ1n) is 5.46. The third-order valence-electron chi connectivity index (χ3n) is 2.61. The van der Waals surface area contributed by atoms with Gasteiger partial charge in [0.05, 0.1) is 11.1 Å². The predicted molar refractivity (Wildman–Crippen MR) is 68.1 cm³/mol. The number of aromatic nitrogens is 1. The van der Waals surface area contributed by atoms with Gasteiger partial charge in [-0.1, -0.05) is 23.7 Å². The Bertz CT molecular complexity index is 550. The average Bonchev–Trinajstić information content (AvgIpc) is 2.76. The second-order valence-electron chi connectivity index (χ2n) is 3.98. The van der Waals surface area contributed by atoms with Gasteiger partial charge in [-0.25, -0.2) is 4.39 Å². The molecule has 0 radical (unpaired) electrons. The number of carbonyl (C=O) groups excluding carboxylic acids is 1. The summed E-state index contributed by atoms with van der Waals surface area (Å²) in [6.07, 6.45) is 1.54. The van der Waals surface area contributed by atoms with E-state index in [2.05, 4.69) is 10.3 Å². The highest BCUT2D eigenvalue weighted by Gasteiger charge is 2.12. The molecule has 5 heteroatoms. The van der Waals surface area contributed by atoms with Gasteiger partial charge < -0.3 is 10.3 Å². The van der Waals surface area contributed by atoms with Crippen LogP contribution in [0.15, 0.2) is 36.5 Å². The fourth-order valence-corrected chi connectivity index (χ4v) is 1.77. The molecule has 0 aliphatic carbocycles. The molecule has 1 unspecified atom stereocenters. The zero-order valence-electron chi connectivity index (χ0n) is 9.71. The topological polar surface area (TPSA) is 44.9 Å². The van der Waals surface area contributed by atoms with Gasteiger partial charge in [0, 0.05) is 6.20 Å². The number of benzene rings is 1. The van der Waals surface area contributed by atoms with Crippen LogP contribution in [0.4, 0.5) is 4.39 Å². The van der Waals surface area contributed by atoms with E-state index >= 15 is 0 Å². The van der Waals surface area contributed by atoms with E-state index in [1.54, 1.807) is 24.4 Å². The van der Waals surface area contributed by atoms with Crippen LogP contribution < -0.4 is 5.32 Å². The van der Waals surface area contributed by atoms with E-state index in [1.165, 1.54) is 12.1 Å². The second-order valence-corrected chi connectivity index (χ2v) is 4.41. The third-order valence-corrected chi connectivity index (χ3v) is 2.83. The quantitative estimate of drug-likeness (QED) is 0.880. The first-order valence-corrected chi connectivity index (χ1v) is 5.84. The molecular formula is C13H12ClFN2O. The number of rotatable bonds is 3. The number of amides is 1. The summed E-state index contributed by atoms with van der Waals surface area (Å²) >= 11 is 5.72. The van der Waals surface area contributed by atoms with Gasteiger partial charge >= 0.3 is 0 Å². The van der Waals surface area contributed by atoms with Crippen molar-refractivity contribution in [2.45, 2.75) is 13.0 Å². The summed E-state index contributed by atoms with van der Waals surface area (Å²) in [7, 11) is 0. The molecule has 0 fully saturated rings. The maximum absolute atomic E-state index is 12.8. The zero-order valence-corrected chi connectivity index (χ0v) is 10.5. The van der Waals surface area contributed by atoms with Crippen LogP contribution in [0.3, 0.4) is 0 Å². The lowest BCUT2D eigenvalue weighted by molar-refractivity contribution is 0.0935. The average molecular weight is 267 g/mol. The predicted octanol–water partition coefficient (Wildman–Crippen LogP) is 3.30. The minimum absolute atomic E-state index is 0.208. The maximum atomic E-state index is 12.8. The summed E-state index contributed by atoms with van der Waals surface area (Å²) in [5.41, 5.74) is 1.23. The summed E-state index contributed by atoms with van der Waals surface area (Å²) in [6.45, 7) is 1.83. The van der Waals surface area contributed by atoms with Gasteiger partial charge in [0.25, 0.3) is 5.91 Å². The maximum Gasteiger partial charge on any atom is 0.268 e. The molecule has 0 spiro atoms. The monoisotopic (exact) mass is 266 g/mol. The SMILES string of the molecule is CC(NC(=O)c1cc(Cl)c[nH]1)c1ccc(F)cc1. The van der Waals surface area contributed by atoms with E-state index in [4.69, 9.17) is 11.6 Å². The van der Waals surface area contributed by atoms with Crippen LogP contribution in [0.2, 0.25) is 5.02 Å². The normalized spacial score (nSPS) is 12.2. The minimum atomic E-state index is -0.298. The number of hydrogen-bond donors (Lipinski definition) is 2. The Kier molecular flexibility index (Phi) is 3.67. The summed E-state index contributed by atoms with van der Waals surface area (Å²) in [5, 5.41) is 3.28. The van der Waals surface area contributed by atoms with E-state index in [1.807, 2.05) is 6.92 Å². The van der Waals surface area contributed by atoms with Crippen molar-refractivity contribution in [2.24, 2.45) is 0 Å². The summed E-state index contributed by atoms with van der Waals surface area (Å²) < 4.78 is 12.8. The summed E-state index contributed by atoms with van der Waals surface area (Å²) in [5.74, 6) is -0.549. The minimum Gasteiger partial charge on any atom is -0.356 e. The molecule has 2 rings (SSSR count). The third kappa shape index (κ3) is 2.90. The van der Waals surface area contributed by atoms with Gasteiger partial charge in [-0.05, 0) is 30.7 Å². The highest BCUT2D eigenvalue weighted by Crippen LogP contribution is 2.15. The highest BCUT2D eigenvalue weighted by molar-refractivity contribution is 6.30. The first-order chi connectivity index (χ1) is 8.56. The standard InChI is InChI=1S/C13H12ClFN2O/c1-8(9-2-4-11(15)5-3-9)17-13(18)12-6-10(14)7-16-12/h2-8,16H,1H3,(H,17,18). The lowest BCUT2D eigenvalue weighted by atomic mass is 10.1. The Labute approximate surface area is 109 Å². The fraction of sp³-hybridized carbons (Fsp3) is 0.154. The summed E-state index contributed by atoms with van der Waals surface area (Å²) in [4.78, 5) is 14.6. The number of H-pyrrole nitrogens is 1.